The van der Waals surface area contributed by atoms with Gasteiger partial charge >= 0.3 is 0 Å². The van der Waals surface area contributed by atoms with Crippen LogP contribution in [-0.2, 0) is 9.84 Å². The number of hydrogen-bond acceptors (Lipinski definition) is 2. The lowest BCUT2D eigenvalue weighted by atomic mass is 9.95. The maximum atomic E-state index is 13.9. The zero-order valence-corrected chi connectivity index (χ0v) is 28.9. The summed E-state index contributed by atoms with van der Waals surface area (Å²) in [6.45, 7) is 0. The van der Waals surface area contributed by atoms with E-state index in [-0.39, 0.29) is 0 Å². The van der Waals surface area contributed by atoms with Crippen LogP contribution in [-0.4, -0.2) is 17.2 Å². The number of rotatable bonds is 2. The lowest BCUT2D eigenvalue weighted by molar-refractivity contribution is 0.598. The highest BCUT2D eigenvalue weighted by atomic mass is 32.2. The van der Waals surface area contributed by atoms with Crippen LogP contribution in [0.15, 0.2) is 168 Å². The Kier molecular flexibility index (Phi) is 4.96. The Hall–Kier alpha value is -6.69. The Balaban J connectivity index is 0.972. The highest BCUT2D eigenvalue weighted by Crippen LogP contribution is 2.48. The molecule has 4 nitrogen and oxygen atoms in total. The summed E-state index contributed by atoms with van der Waals surface area (Å²) >= 11 is 0. The molecule has 0 bridgehead atoms. The average molecular weight is 695 g/mol. The summed E-state index contributed by atoms with van der Waals surface area (Å²) in [6.07, 6.45) is 0. The van der Waals surface area contributed by atoms with Crippen molar-refractivity contribution in [3.8, 4) is 33.4 Å². The second-order valence-corrected chi connectivity index (χ2v) is 16.4. The first-order valence-electron chi connectivity index (χ1n) is 17.9. The molecule has 0 atom stereocenters. The minimum absolute atomic E-state index is 0.369. The third-order valence-electron chi connectivity index (χ3n) is 11.9. The monoisotopic (exact) mass is 694 g/mol. The standard InChI is InChI=1S/C48H26N2O2S/c51-53(52)45-21-17-29(27-15-19-43-37(23-27)35-11-5-9-33-31-7-1-3-13-41(31)49(43)47(33)35)25-39(45)40-26-30(18-22-46(40)53)28-16-20-44-38(24-28)36-12-6-10-34-32-8-2-4-14-42(32)50(44)48(34)36/h1-26H. The van der Waals surface area contributed by atoms with E-state index in [1.54, 1.807) is 12.1 Å². The summed E-state index contributed by atoms with van der Waals surface area (Å²) in [6, 6.07) is 55.2. The van der Waals surface area contributed by atoms with Gasteiger partial charge in [-0.15, -0.1) is 0 Å². The van der Waals surface area contributed by atoms with Gasteiger partial charge in [0.25, 0.3) is 0 Å². The van der Waals surface area contributed by atoms with Crippen molar-refractivity contribution in [1.82, 2.24) is 8.80 Å². The molecule has 1 aliphatic heterocycles. The van der Waals surface area contributed by atoms with Gasteiger partial charge in [-0.2, -0.15) is 0 Å². The molecule has 0 amide bonds. The maximum Gasteiger partial charge on any atom is 0.207 e. The zero-order valence-electron chi connectivity index (χ0n) is 28.1. The predicted octanol–water partition coefficient (Wildman–Crippen LogP) is 12.1. The van der Waals surface area contributed by atoms with Crippen LogP contribution in [0.2, 0.25) is 0 Å². The van der Waals surface area contributed by atoms with E-state index in [1.165, 1.54) is 76.2 Å². The lowest BCUT2D eigenvalue weighted by Crippen LogP contribution is -1.96. The Morgan fingerprint density at radius 1 is 0.321 bits per heavy atom. The Morgan fingerprint density at radius 2 is 0.679 bits per heavy atom. The molecule has 246 valence electrons. The zero-order chi connectivity index (χ0) is 34.7. The summed E-state index contributed by atoms with van der Waals surface area (Å²) in [5.74, 6) is 0. The Labute approximate surface area is 303 Å². The minimum atomic E-state index is -3.64. The van der Waals surface area contributed by atoms with Gasteiger partial charge in [0.05, 0.1) is 42.9 Å². The number of aromatic nitrogens is 2. The van der Waals surface area contributed by atoms with Crippen LogP contribution >= 0.6 is 0 Å². The van der Waals surface area contributed by atoms with Crippen molar-refractivity contribution in [1.29, 1.82) is 0 Å². The van der Waals surface area contributed by atoms with Crippen molar-refractivity contribution >= 4 is 86.0 Å². The first-order chi connectivity index (χ1) is 26.0. The second kappa shape index (κ2) is 9.39. The summed E-state index contributed by atoms with van der Waals surface area (Å²) < 4.78 is 32.5. The summed E-state index contributed by atoms with van der Waals surface area (Å²) in [5.41, 5.74) is 12.9. The van der Waals surface area contributed by atoms with Gasteiger partial charge in [0.1, 0.15) is 0 Å². The van der Waals surface area contributed by atoms with Crippen LogP contribution in [0.5, 0.6) is 0 Å². The first kappa shape index (κ1) is 28.0. The van der Waals surface area contributed by atoms with Gasteiger partial charge in [-0.25, -0.2) is 8.42 Å². The number of para-hydroxylation sites is 4. The molecule has 8 aromatic carbocycles. The molecule has 0 fully saturated rings. The second-order valence-electron chi connectivity index (χ2n) is 14.5. The van der Waals surface area contributed by atoms with E-state index in [0.29, 0.717) is 9.79 Å². The smallest absolute Gasteiger partial charge is 0.207 e. The normalized spacial score (nSPS) is 14.0. The Morgan fingerprint density at radius 3 is 1.15 bits per heavy atom. The molecule has 0 spiro atoms. The van der Waals surface area contributed by atoms with E-state index in [9.17, 15) is 8.42 Å². The first-order valence-corrected chi connectivity index (χ1v) is 19.4. The topological polar surface area (TPSA) is 43.0 Å². The third kappa shape index (κ3) is 3.35. The van der Waals surface area contributed by atoms with Crippen LogP contribution in [0, 0.1) is 0 Å². The fraction of sp³-hybridized carbons (Fsp3) is 0. The molecule has 5 heterocycles. The van der Waals surface area contributed by atoms with E-state index < -0.39 is 9.84 Å². The van der Waals surface area contributed by atoms with E-state index in [0.717, 1.165) is 33.4 Å². The maximum absolute atomic E-state index is 13.9. The van der Waals surface area contributed by atoms with Crippen LogP contribution in [0.25, 0.3) is 110 Å². The molecule has 53 heavy (non-hydrogen) atoms. The molecule has 0 radical (unpaired) electrons. The molecule has 0 N–H and O–H groups in total. The van der Waals surface area contributed by atoms with Crippen LogP contribution in [0.1, 0.15) is 0 Å². The molecule has 12 aromatic rings. The molecule has 0 saturated heterocycles. The fourth-order valence-corrected chi connectivity index (χ4v) is 11.3. The van der Waals surface area contributed by atoms with E-state index >= 15 is 0 Å². The number of fused-ring (bicyclic) bond motifs is 15. The predicted molar refractivity (Wildman–Crippen MR) is 218 cm³/mol. The third-order valence-corrected chi connectivity index (χ3v) is 13.8. The number of benzene rings is 8. The van der Waals surface area contributed by atoms with Gasteiger partial charge in [0, 0.05) is 54.2 Å². The summed E-state index contributed by atoms with van der Waals surface area (Å²) in [7, 11) is -3.64. The molecule has 1 aliphatic rings. The van der Waals surface area contributed by atoms with E-state index in [1.807, 2.05) is 12.1 Å². The molecular weight excluding hydrogens is 669 g/mol. The molecule has 0 aliphatic carbocycles. The molecule has 0 saturated carbocycles. The summed E-state index contributed by atoms with van der Waals surface area (Å²) in [5, 5.41) is 9.87. The summed E-state index contributed by atoms with van der Waals surface area (Å²) in [4.78, 5) is 0.738. The van der Waals surface area contributed by atoms with Gasteiger partial charge in [0.2, 0.25) is 9.84 Å². The number of sulfone groups is 1. The van der Waals surface area contributed by atoms with Gasteiger partial charge in [0.15, 0.2) is 0 Å². The van der Waals surface area contributed by atoms with Crippen molar-refractivity contribution in [2.24, 2.45) is 0 Å². The SMILES string of the molecule is O=S1(=O)c2ccc(-c3ccc4c(c3)c3cccc5c6ccccc6n4c53)cc2-c2cc(-c3ccc4c(c3)c3cccc5c6ccccc6n4c53)ccc21. The molecule has 13 rings (SSSR count). The molecule has 4 aromatic heterocycles. The number of hydrogen-bond donors (Lipinski definition) is 0. The van der Waals surface area contributed by atoms with Crippen LogP contribution < -0.4 is 0 Å². The van der Waals surface area contributed by atoms with E-state index in [4.69, 9.17) is 0 Å². The Bertz CT molecular complexity index is 3460. The van der Waals surface area contributed by atoms with Gasteiger partial charge in [-0.1, -0.05) is 97.1 Å². The van der Waals surface area contributed by atoms with Gasteiger partial charge in [-0.3, -0.25) is 0 Å². The molecule has 0 unspecified atom stereocenters. The largest absolute Gasteiger partial charge is 0.308 e. The van der Waals surface area contributed by atoms with Crippen molar-refractivity contribution in [3.05, 3.63) is 158 Å². The average Bonchev–Trinajstić information content (AvgIpc) is 3.97. The highest BCUT2D eigenvalue weighted by Gasteiger charge is 2.33. The van der Waals surface area contributed by atoms with Crippen LogP contribution in [0.4, 0.5) is 0 Å². The van der Waals surface area contributed by atoms with Gasteiger partial charge < -0.3 is 8.80 Å². The molecule has 5 heteroatoms. The lowest BCUT2D eigenvalue weighted by Gasteiger charge is -2.08. The van der Waals surface area contributed by atoms with Crippen molar-refractivity contribution < 1.29 is 8.42 Å². The number of nitrogens with zero attached hydrogens (tertiary/aromatic N) is 2. The molecular formula is C48H26N2O2S. The fourth-order valence-electron chi connectivity index (χ4n) is 9.65. The minimum Gasteiger partial charge on any atom is -0.308 e. The van der Waals surface area contributed by atoms with Crippen molar-refractivity contribution in [3.63, 3.8) is 0 Å². The van der Waals surface area contributed by atoms with Crippen molar-refractivity contribution in [2.75, 3.05) is 0 Å². The van der Waals surface area contributed by atoms with Crippen LogP contribution in [0.3, 0.4) is 0 Å². The van der Waals surface area contributed by atoms with Gasteiger partial charge in [-0.05, 0) is 82.9 Å². The van der Waals surface area contributed by atoms with E-state index in [2.05, 4.69) is 142 Å². The quantitative estimate of drug-likeness (QED) is 0.181. The highest BCUT2D eigenvalue weighted by molar-refractivity contribution is 7.92. The van der Waals surface area contributed by atoms with Crippen molar-refractivity contribution in [2.45, 2.75) is 9.79 Å².